The molecule has 142 valence electrons. The molecule has 3 nitrogen and oxygen atoms in total. The van der Waals surface area contributed by atoms with Crippen LogP contribution in [0.15, 0.2) is 42.5 Å². The zero-order valence-corrected chi connectivity index (χ0v) is 14.1. The summed E-state index contributed by atoms with van der Waals surface area (Å²) in [5.74, 6) is -0.936. The van der Waals surface area contributed by atoms with E-state index in [2.05, 4.69) is 0 Å². The molecule has 3 rings (SSSR count). The first-order valence-corrected chi connectivity index (χ1v) is 8.30. The minimum absolute atomic E-state index is 0.0607. The van der Waals surface area contributed by atoms with Gasteiger partial charge in [0.1, 0.15) is 5.82 Å². The van der Waals surface area contributed by atoms with Gasteiger partial charge in [-0.2, -0.15) is 13.2 Å². The Bertz CT molecular complexity index is 921. The maximum Gasteiger partial charge on any atom is 0.425 e. The zero-order chi connectivity index (χ0) is 19.8. The van der Waals surface area contributed by atoms with Crippen molar-refractivity contribution >= 4 is 11.8 Å². The number of rotatable bonds is 5. The van der Waals surface area contributed by atoms with Crippen LogP contribution in [0.2, 0.25) is 0 Å². The van der Waals surface area contributed by atoms with Gasteiger partial charge in [0.25, 0.3) is 0 Å². The number of nitrogens with one attached hydrogen (secondary N) is 1. The molecule has 0 fully saturated rings. The van der Waals surface area contributed by atoms with Gasteiger partial charge in [0.15, 0.2) is 0 Å². The average Bonchev–Trinajstić information content (AvgIpc) is 2.89. The van der Waals surface area contributed by atoms with E-state index in [0.29, 0.717) is 18.9 Å². The highest BCUT2D eigenvalue weighted by atomic mass is 19.4. The van der Waals surface area contributed by atoms with E-state index >= 15 is 0 Å². The lowest BCUT2D eigenvalue weighted by molar-refractivity contribution is -0.246. The summed E-state index contributed by atoms with van der Waals surface area (Å²) in [5.41, 5.74) is -3.73. The van der Waals surface area contributed by atoms with E-state index in [0.717, 1.165) is 12.3 Å². The van der Waals surface area contributed by atoms with Gasteiger partial charge in [0, 0.05) is 23.9 Å². The molecule has 1 atom stereocenters. The second kappa shape index (κ2) is 6.90. The Morgan fingerprint density at radius 2 is 1.85 bits per heavy atom. The number of aliphatic hydroxyl groups excluding tert-OH is 1. The fraction of sp³-hybridized carbons (Fsp3) is 0.250. The van der Waals surface area contributed by atoms with E-state index in [1.807, 2.05) is 0 Å². The maximum atomic E-state index is 14.2. The van der Waals surface area contributed by atoms with Crippen molar-refractivity contribution < 1.29 is 27.8 Å². The van der Waals surface area contributed by atoms with Crippen LogP contribution in [0.1, 0.15) is 29.5 Å². The zero-order valence-electron chi connectivity index (χ0n) is 14.1. The summed E-state index contributed by atoms with van der Waals surface area (Å²) in [5, 5.41) is 27.2. The van der Waals surface area contributed by atoms with Crippen LogP contribution >= 0.6 is 0 Å². The van der Waals surface area contributed by atoms with Gasteiger partial charge in [-0.3, -0.25) is 0 Å². The molecule has 0 aromatic heterocycles. The van der Waals surface area contributed by atoms with Crippen molar-refractivity contribution in [3.63, 3.8) is 0 Å². The molecule has 0 aliphatic heterocycles. The first kappa shape index (κ1) is 19.3. The standard InChI is InChI=1S/C20H17F4NO2/c21-13-9-15(12(11-25)5-3-4-8-26)18-14-6-1-2-7-16(14)19(27,17(18)10-13)20(22,23)24/h1-2,5-7,9-11,25-27H,3-4,8H2/b12-5+,25-11?. The monoisotopic (exact) mass is 379 g/mol. The Morgan fingerprint density at radius 3 is 2.48 bits per heavy atom. The molecule has 2 aromatic rings. The fourth-order valence-electron chi connectivity index (χ4n) is 3.47. The number of hydrogen-bond donors (Lipinski definition) is 3. The van der Waals surface area contributed by atoms with Gasteiger partial charge in [-0.05, 0) is 47.2 Å². The Labute approximate surface area is 153 Å². The molecule has 0 saturated carbocycles. The molecule has 27 heavy (non-hydrogen) atoms. The third-order valence-corrected chi connectivity index (χ3v) is 4.68. The second-order valence-electron chi connectivity index (χ2n) is 6.30. The number of benzene rings is 2. The predicted octanol–water partition coefficient (Wildman–Crippen LogP) is 4.41. The van der Waals surface area contributed by atoms with Crippen molar-refractivity contribution in [2.24, 2.45) is 0 Å². The fourth-order valence-corrected chi connectivity index (χ4v) is 3.47. The van der Waals surface area contributed by atoms with Gasteiger partial charge in [0.05, 0.1) is 0 Å². The van der Waals surface area contributed by atoms with Gasteiger partial charge < -0.3 is 15.6 Å². The van der Waals surface area contributed by atoms with E-state index in [1.54, 1.807) is 6.08 Å². The smallest absolute Gasteiger partial charge is 0.396 e. The lowest BCUT2D eigenvalue weighted by Crippen LogP contribution is -2.41. The number of alkyl halides is 3. The molecule has 0 saturated heterocycles. The molecule has 0 amide bonds. The molecule has 1 aliphatic carbocycles. The van der Waals surface area contributed by atoms with Crippen LogP contribution in [0.4, 0.5) is 17.6 Å². The normalized spacial score (nSPS) is 19.0. The molecular weight excluding hydrogens is 362 g/mol. The number of fused-ring (bicyclic) bond motifs is 3. The molecule has 3 N–H and O–H groups in total. The average molecular weight is 379 g/mol. The first-order chi connectivity index (χ1) is 12.8. The molecule has 1 aliphatic rings. The second-order valence-corrected chi connectivity index (χ2v) is 6.30. The summed E-state index contributed by atoms with van der Waals surface area (Å²) in [7, 11) is 0. The Hall–Kier alpha value is -2.51. The number of allylic oxidation sites excluding steroid dienone is 2. The summed E-state index contributed by atoms with van der Waals surface area (Å²) >= 11 is 0. The first-order valence-electron chi connectivity index (χ1n) is 8.30. The highest BCUT2D eigenvalue weighted by molar-refractivity contribution is 6.12. The van der Waals surface area contributed by atoms with Crippen LogP contribution in [0.25, 0.3) is 16.7 Å². The highest BCUT2D eigenvalue weighted by Gasteiger charge is 2.61. The summed E-state index contributed by atoms with van der Waals surface area (Å²) < 4.78 is 55.8. The quantitative estimate of drug-likeness (QED) is 0.409. The summed E-state index contributed by atoms with van der Waals surface area (Å²) in [4.78, 5) is 0. The van der Waals surface area contributed by atoms with E-state index in [1.165, 1.54) is 24.3 Å². The third-order valence-electron chi connectivity index (χ3n) is 4.68. The molecule has 0 bridgehead atoms. The minimum atomic E-state index is -5.05. The van der Waals surface area contributed by atoms with Gasteiger partial charge in [-0.15, -0.1) is 0 Å². The Morgan fingerprint density at radius 1 is 1.15 bits per heavy atom. The third kappa shape index (κ3) is 2.96. The van der Waals surface area contributed by atoms with E-state index in [9.17, 15) is 22.7 Å². The summed E-state index contributed by atoms with van der Waals surface area (Å²) in [6, 6.07) is 7.29. The molecule has 1 unspecified atom stereocenters. The highest BCUT2D eigenvalue weighted by Crippen LogP contribution is 2.56. The Balaban J connectivity index is 2.34. The van der Waals surface area contributed by atoms with Crippen molar-refractivity contribution in [1.29, 1.82) is 5.41 Å². The van der Waals surface area contributed by atoms with Gasteiger partial charge in [0.2, 0.25) is 5.60 Å². The maximum absolute atomic E-state index is 14.2. The minimum Gasteiger partial charge on any atom is -0.396 e. The van der Waals surface area contributed by atoms with Gasteiger partial charge >= 0.3 is 6.18 Å². The molecule has 2 aromatic carbocycles. The Kier molecular flexibility index (Phi) is 4.92. The molecule has 0 spiro atoms. The van der Waals surface area contributed by atoms with Crippen molar-refractivity contribution in [1.82, 2.24) is 0 Å². The lowest BCUT2D eigenvalue weighted by Gasteiger charge is -2.28. The van der Waals surface area contributed by atoms with Crippen LogP contribution in [-0.4, -0.2) is 29.2 Å². The van der Waals surface area contributed by atoms with Crippen LogP contribution in [0.3, 0.4) is 0 Å². The van der Waals surface area contributed by atoms with Crippen LogP contribution in [0.5, 0.6) is 0 Å². The number of hydrogen-bond acceptors (Lipinski definition) is 3. The number of unbranched alkanes of at least 4 members (excludes halogenated alkanes) is 1. The van der Waals surface area contributed by atoms with E-state index in [-0.39, 0.29) is 34.4 Å². The van der Waals surface area contributed by atoms with Gasteiger partial charge in [-0.1, -0.05) is 30.3 Å². The van der Waals surface area contributed by atoms with Crippen molar-refractivity contribution in [2.45, 2.75) is 24.6 Å². The summed E-state index contributed by atoms with van der Waals surface area (Å²) in [6.45, 7) is -0.0836. The topological polar surface area (TPSA) is 64.3 Å². The molecule has 0 heterocycles. The van der Waals surface area contributed by atoms with Crippen molar-refractivity contribution in [2.75, 3.05) is 6.61 Å². The number of halogens is 4. The number of aliphatic hydroxyl groups is 2. The van der Waals surface area contributed by atoms with Crippen molar-refractivity contribution in [3.05, 3.63) is 65.0 Å². The molecule has 7 heteroatoms. The van der Waals surface area contributed by atoms with Crippen LogP contribution < -0.4 is 0 Å². The van der Waals surface area contributed by atoms with Crippen molar-refractivity contribution in [3.8, 4) is 11.1 Å². The van der Waals surface area contributed by atoms with E-state index < -0.39 is 23.2 Å². The largest absolute Gasteiger partial charge is 0.425 e. The van der Waals surface area contributed by atoms with Crippen LogP contribution in [-0.2, 0) is 5.60 Å². The van der Waals surface area contributed by atoms with Crippen LogP contribution in [0, 0.1) is 11.2 Å². The van der Waals surface area contributed by atoms with E-state index in [4.69, 9.17) is 10.5 Å². The van der Waals surface area contributed by atoms with Gasteiger partial charge in [-0.25, -0.2) is 4.39 Å². The summed E-state index contributed by atoms with van der Waals surface area (Å²) in [6.07, 6.45) is -1.79. The lowest BCUT2D eigenvalue weighted by atomic mass is 9.89. The SMILES string of the molecule is N=C/C(=C\CCCO)c1cc(F)cc2c1-c1ccccc1C2(O)C(F)(F)F. The molecular formula is C20H17F4NO2. The molecule has 0 radical (unpaired) electrons. The predicted molar refractivity (Wildman–Crippen MR) is 94.0 cm³/mol.